The van der Waals surface area contributed by atoms with Crippen LogP contribution >= 0.6 is 0 Å². The zero-order valence-electron chi connectivity index (χ0n) is 11.0. The summed E-state index contributed by atoms with van der Waals surface area (Å²) < 4.78 is 10.9. The van der Waals surface area contributed by atoms with E-state index in [0.717, 1.165) is 32.1 Å². The number of rotatable bonds is 3. The molecule has 1 saturated carbocycles. The molecule has 0 aromatic carbocycles. The van der Waals surface area contributed by atoms with E-state index in [9.17, 15) is 9.59 Å². The third-order valence-electron chi connectivity index (χ3n) is 4.19. The SMILES string of the molecule is O=C1NC2(CCCC2)C(=O)N1CCC1OCCCO1. The zero-order chi connectivity index (χ0) is 13.3. The van der Waals surface area contributed by atoms with Gasteiger partial charge in [-0.05, 0) is 19.3 Å². The molecule has 2 saturated heterocycles. The molecule has 2 heterocycles. The van der Waals surface area contributed by atoms with Crippen LogP contribution < -0.4 is 5.32 Å². The van der Waals surface area contributed by atoms with Crippen molar-refractivity contribution in [3.05, 3.63) is 0 Å². The number of carbonyl (C=O) groups excluding carboxylic acids is 2. The normalized spacial score (nSPS) is 27.3. The second kappa shape index (κ2) is 5.09. The van der Waals surface area contributed by atoms with E-state index < -0.39 is 5.54 Å². The van der Waals surface area contributed by atoms with Crippen molar-refractivity contribution in [3.63, 3.8) is 0 Å². The molecular weight excluding hydrogens is 248 g/mol. The third-order valence-corrected chi connectivity index (χ3v) is 4.19. The molecule has 0 atom stereocenters. The van der Waals surface area contributed by atoms with Crippen LogP contribution in [-0.4, -0.2) is 48.4 Å². The summed E-state index contributed by atoms with van der Waals surface area (Å²) in [4.78, 5) is 25.6. The Morgan fingerprint density at radius 3 is 2.53 bits per heavy atom. The van der Waals surface area contributed by atoms with Gasteiger partial charge in [-0.15, -0.1) is 0 Å². The molecule has 6 heteroatoms. The Morgan fingerprint density at radius 1 is 1.16 bits per heavy atom. The molecule has 2 aliphatic heterocycles. The maximum atomic E-state index is 12.4. The average Bonchev–Trinajstić information content (AvgIpc) is 2.97. The van der Waals surface area contributed by atoms with Crippen molar-refractivity contribution >= 4 is 11.9 Å². The van der Waals surface area contributed by atoms with Gasteiger partial charge >= 0.3 is 6.03 Å². The summed E-state index contributed by atoms with van der Waals surface area (Å²) in [6, 6.07) is -0.261. The molecule has 1 aliphatic carbocycles. The maximum absolute atomic E-state index is 12.4. The van der Waals surface area contributed by atoms with E-state index in [-0.39, 0.29) is 18.2 Å². The van der Waals surface area contributed by atoms with Crippen LogP contribution in [0, 0.1) is 0 Å². The van der Waals surface area contributed by atoms with Crippen molar-refractivity contribution in [2.75, 3.05) is 19.8 Å². The molecule has 3 rings (SSSR count). The third kappa shape index (κ3) is 2.34. The summed E-state index contributed by atoms with van der Waals surface area (Å²) in [5.74, 6) is -0.0641. The van der Waals surface area contributed by atoms with E-state index >= 15 is 0 Å². The Kier molecular flexibility index (Phi) is 3.45. The van der Waals surface area contributed by atoms with Crippen molar-refractivity contribution in [2.24, 2.45) is 0 Å². The van der Waals surface area contributed by atoms with Crippen molar-refractivity contribution in [1.82, 2.24) is 10.2 Å². The lowest BCUT2D eigenvalue weighted by molar-refractivity contribution is -0.182. The maximum Gasteiger partial charge on any atom is 0.325 e. The number of imide groups is 1. The van der Waals surface area contributed by atoms with Crippen LogP contribution in [-0.2, 0) is 14.3 Å². The largest absolute Gasteiger partial charge is 0.353 e. The smallest absolute Gasteiger partial charge is 0.325 e. The number of hydrogen-bond acceptors (Lipinski definition) is 4. The molecule has 0 unspecified atom stereocenters. The van der Waals surface area contributed by atoms with E-state index in [2.05, 4.69) is 5.32 Å². The lowest BCUT2D eigenvalue weighted by atomic mass is 9.98. The number of hydrogen-bond donors (Lipinski definition) is 1. The topological polar surface area (TPSA) is 67.9 Å². The molecule has 3 aliphatic rings. The molecule has 1 spiro atoms. The van der Waals surface area contributed by atoms with Gasteiger partial charge in [0.1, 0.15) is 5.54 Å². The van der Waals surface area contributed by atoms with Crippen molar-refractivity contribution < 1.29 is 19.1 Å². The van der Waals surface area contributed by atoms with Gasteiger partial charge in [0.15, 0.2) is 6.29 Å². The zero-order valence-corrected chi connectivity index (χ0v) is 11.0. The van der Waals surface area contributed by atoms with E-state index in [4.69, 9.17) is 9.47 Å². The number of amides is 3. The first kappa shape index (κ1) is 12.9. The molecule has 3 fully saturated rings. The van der Waals surface area contributed by atoms with Gasteiger partial charge in [-0.1, -0.05) is 12.8 Å². The molecule has 1 N–H and O–H groups in total. The van der Waals surface area contributed by atoms with Gasteiger partial charge in [0, 0.05) is 13.0 Å². The fraction of sp³-hybridized carbons (Fsp3) is 0.846. The molecule has 0 aromatic heterocycles. The van der Waals surface area contributed by atoms with Gasteiger partial charge in [-0.25, -0.2) is 4.79 Å². The first-order chi connectivity index (χ1) is 9.21. The minimum absolute atomic E-state index is 0.0641. The van der Waals surface area contributed by atoms with Crippen LogP contribution in [0.15, 0.2) is 0 Å². The van der Waals surface area contributed by atoms with Crippen LogP contribution in [0.4, 0.5) is 4.79 Å². The highest BCUT2D eigenvalue weighted by Crippen LogP contribution is 2.35. The summed E-state index contributed by atoms with van der Waals surface area (Å²) in [5.41, 5.74) is -0.606. The highest BCUT2D eigenvalue weighted by atomic mass is 16.7. The molecular formula is C13H20N2O4. The Morgan fingerprint density at radius 2 is 1.84 bits per heavy atom. The molecule has 0 aromatic rings. The van der Waals surface area contributed by atoms with Gasteiger partial charge in [-0.3, -0.25) is 9.69 Å². The molecule has 19 heavy (non-hydrogen) atoms. The van der Waals surface area contributed by atoms with Gasteiger partial charge in [0.25, 0.3) is 5.91 Å². The minimum atomic E-state index is -0.606. The summed E-state index contributed by atoms with van der Waals surface area (Å²) in [6.45, 7) is 1.75. The molecule has 6 nitrogen and oxygen atoms in total. The predicted octanol–water partition coefficient (Wildman–Crippen LogP) is 1.00. The van der Waals surface area contributed by atoms with Crippen molar-refractivity contribution in [2.45, 2.75) is 50.4 Å². The number of urea groups is 1. The number of nitrogens with one attached hydrogen (secondary N) is 1. The van der Waals surface area contributed by atoms with E-state index in [0.29, 0.717) is 26.2 Å². The van der Waals surface area contributed by atoms with Crippen LogP contribution in [0.25, 0.3) is 0 Å². The van der Waals surface area contributed by atoms with Gasteiger partial charge in [-0.2, -0.15) is 0 Å². The number of carbonyl (C=O) groups is 2. The highest BCUT2D eigenvalue weighted by Gasteiger charge is 2.52. The summed E-state index contributed by atoms with van der Waals surface area (Å²) >= 11 is 0. The van der Waals surface area contributed by atoms with Gasteiger partial charge in [0.2, 0.25) is 0 Å². The first-order valence-electron chi connectivity index (χ1n) is 7.09. The molecule has 106 valence electrons. The monoisotopic (exact) mass is 268 g/mol. The molecule has 3 amide bonds. The summed E-state index contributed by atoms with van der Waals surface area (Å²) in [7, 11) is 0. The highest BCUT2D eigenvalue weighted by molar-refractivity contribution is 6.07. The van der Waals surface area contributed by atoms with E-state index in [1.165, 1.54) is 4.90 Å². The fourth-order valence-electron chi connectivity index (χ4n) is 3.13. The first-order valence-corrected chi connectivity index (χ1v) is 7.09. The lowest BCUT2D eigenvalue weighted by Crippen LogP contribution is -2.44. The Bertz CT molecular complexity index is 373. The van der Waals surface area contributed by atoms with E-state index in [1.54, 1.807) is 0 Å². The van der Waals surface area contributed by atoms with Crippen LogP contribution in [0.2, 0.25) is 0 Å². The van der Waals surface area contributed by atoms with Crippen molar-refractivity contribution in [3.8, 4) is 0 Å². The Balaban J connectivity index is 1.58. The molecule has 0 radical (unpaired) electrons. The molecule has 0 bridgehead atoms. The second-order valence-electron chi connectivity index (χ2n) is 5.49. The van der Waals surface area contributed by atoms with Gasteiger partial charge < -0.3 is 14.8 Å². The van der Waals surface area contributed by atoms with Crippen molar-refractivity contribution in [1.29, 1.82) is 0 Å². The minimum Gasteiger partial charge on any atom is -0.353 e. The summed E-state index contributed by atoms with van der Waals surface area (Å²) in [6.07, 6.45) is 4.73. The van der Waals surface area contributed by atoms with Crippen LogP contribution in [0.1, 0.15) is 38.5 Å². The Hall–Kier alpha value is -1.14. The number of nitrogens with zero attached hydrogens (tertiary/aromatic N) is 1. The quantitative estimate of drug-likeness (QED) is 0.775. The second-order valence-corrected chi connectivity index (χ2v) is 5.49. The fourth-order valence-corrected chi connectivity index (χ4v) is 3.13. The lowest BCUT2D eigenvalue weighted by Gasteiger charge is -2.25. The van der Waals surface area contributed by atoms with Crippen LogP contribution in [0.5, 0.6) is 0 Å². The summed E-state index contributed by atoms with van der Waals surface area (Å²) in [5, 5.41) is 2.87. The van der Waals surface area contributed by atoms with Gasteiger partial charge in [0.05, 0.1) is 13.2 Å². The standard InChI is InChI=1S/C13H20N2O4/c16-11-13(5-1-2-6-13)14-12(17)15(11)7-4-10-18-8-3-9-19-10/h10H,1-9H2,(H,14,17). The Labute approximate surface area is 112 Å². The number of ether oxygens (including phenoxy) is 2. The average molecular weight is 268 g/mol. The van der Waals surface area contributed by atoms with E-state index in [1.807, 2.05) is 0 Å². The predicted molar refractivity (Wildman–Crippen MR) is 66.4 cm³/mol. The van der Waals surface area contributed by atoms with Crippen LogP contribution in [0.3, 0.4) is 0 Å².